The molecule has 0 bridgehead atoms. The molecule has 2 atom stereocenters. The van der Waals surface area contributed by atoms with Crippen molar-refractivity contribution in [2.75, 3.05) is 6.61 Å². The number of aliphatic carboxylic acids is 1. The fourth-order valence-corrected chi connectivity index (χ4v) is 2.87. The molecule has 1 aromatic rings. The van der Waals surface area contributed by atoms with Crippen molar-refractivity contribution in [3.63, 3.8) is 0 Å². The highest BCUT2D eigenvalue weighted by Gasteiger charge is 2.29. The number of carboxylic acids is 1. The van der Waals surface area contributed by atoms with Crippen molar-refractivity contribution in [3.05, 3.63) is 17.7 Å². The first-order valence-electron chi connectivity index (χ1n) is 6.64. The van der Waals surface area contributed by atoms with Crippen molar-refractivity contribution in [3.8, 4) is 0 Å². The molecule has 1 saturated heterocycles. The lowest BCUT2D eigenvalue weighted by atomic mass is 9.98. The molecule has 106 valence electrons. The summed E-state index contributed by atoms with van der Waals surface area (Å²) in [5.41, 5.74) is 1.15. The summed E-state index contributed by atoms with van der Waals surface area (Å²) in [7, 11) is 0. The molecule has 1 fully saturated rings. The molecule has 3 heterocycles. The Balaban J connectivity index is 0.00000133. The molecule has 1 N–H and O–H groups in total. The summed E-state index contributed by atoms with van der Waals surface area (Å²) in [5.74, 6) is -0.0606. The van der Waals surface area contributed by atoms with Gasteiger partial charge in [0.25, 0.3) is 0 Å². The third-order valence-corrected chi connectivity index (χ3v) is 3.94. The Morgan fingerprint density at radius 1 is 1.42 bits per heavy atom. The number of carbonyl (C=O) groups is 1. The van der Waals surface area contributed by atoms with Gasteiger partial charge in [-0.3, -0.25) is 4.79 Å². The third kappa shape index (κ3) is 2.77. The normalized spacial score (nSPS) is 26.3. The van der Waals surface area contributed by atoms with E-state index in [1.807, 2.05) is 6.20 Å². The first-order chi connectivity index (χ1) is 8.75. The lowest BCUT2D eigenvalue weighted by Gasteiger charge is -2.27. The van der Waals surface area contributed by atoms with Crippen LogP contribution in [0.5, 0.6) is 0 Å². The second-order valence-corrected chi connectivity index (χ2v) is 5.15. The van der Waals surface area contributed by atoms with E-state index in [1.165, 1.54) is 0 Å². The zero-order chi connectivity index (χ0) is 12.5. The quantitative estimate of drug-likeness (QED) is 0.905. The molecule has 0 aromatic carbocycles. The van der Waals surface area contributed by atoms with Gasteiger partial charge in [-0.1, -0.05) is 0 Å². The highest BCUT2D eigenvalue weighted by atomic mass is 35.5. The van der Waals surface area contributed by atoms with Crippen molar-refractivity contribution < 1.29 is 14.6 Å². The van der Waals surface area contributed by atoms with Crippen LogP contribution in [-0.2, 0) is 22.5 Å². The Morgan fingerprint density at radius 2 is 2.26 bits per heavy atom. The maximum Gasteiger partial charge on any atom is 0.308 e. The number of imidazole rings is 1. The van der Waals surface area contributed by atoms with E-state index in [-0.39, 0.29) is 24.4 Å². The van der Waals surface area contributed by atoms with E-state index in [0.29, 0.717) is 13.0 Å². The van der Waals surface area contributed by atoms with Gasteiger partial charge in [0.1, 0.15) is 11.9 Å². The van der Waals surface area contributed by atoms with Gasteiger partial charge >= 0.3 is 5.97 Å². The van der Waals surface area contributed by atoms with Crippen LogP contribution in [0.15, 0.2) is 6.20 Å². The van der Waals surface area contributed by atoms with E-state index >= 15 is 0 Å². The number of rotatable bonds is 2. The fourth-order valence-electron chi connectivity index (χ4n) is 2.87. The highest BCUT2D eigenvalue weighted by molar-refractivity contribution is 5.85. The zero-order valence-electron chi connectivity index (χ0n) is 10.7. The Hall–Kier alpha value is -1.07. The number of hydrogen-bond acceptors (Lipinski definition) is 3. The molecular weight excluding hydrogens is 268 g/mol. The largest absolute Gasteiger partial charge is 0.481 e. The second kappa shape index (κ2) is 5.92. The van der Waals surface area contributed by atoms with Gasteiger partial charge in [-0.25, -0.2) is 4.98 Å². The summed E-state index contributed by atoms with van der Waals surface area (Å²) in [6.45, 7) is 1.33. The predicted octanol–water partition coefficient (Wildman–Crippen LogP) is 2.19. The van der Waals surface area contributed by atoms with Crippen molar-refractivity contribution in [1.82, 2.24) is 9.55 Å². The van der Waals surface area contributed by atoms with Gasteiger partial charge in [0.05, 0.1) is 5.92 Å². The maximum atomic E-state index is 11.1. The summed E-state index contributed by atoms with van der Waals surface area (Å²) in [5, 5.41) is 9.14. The monoisotopic (exact) mass is 286 g/mol. The van der Waals surface area contributed by atoms with Crippen LogP contribution in [0.1, 0.15) is 43.3 Å². The molecule has 0 saturated carbocycles. The lowest BCUT2D eigenvalue weighted by Crippen LogP contribution is -2.28. The number of carboxylic acid groups (broad SMARTS) is 1. The Bertz CT molecular complexity index is 455. The van der Waals surface area contributed by atoms with Crippen LogP contribution in [0.25, 0.3) is 0 Å². The van der Waals surface area contributed by atoms with Gasteiger partial charge in [-0.2, -0.15) is 0 Å². The van der Waals surface area contributed by atoms with E-state index in [2.05, 4.69) is 9.55 Å². The Morgan fingerprint density at radius 3 is 2.95 bits per heavy atom. The van der Waals surface area contributed by atoms with Crippen molar-refractivity contribution in [2.45, 2.75) is 44.8 Å². The third-order valence-electron chi connectivity index (χ3n) is 3.94. The topological polar surface area (TPSA) is 64.3 Å². The SMILES string of the molecule is Cl.O=C(O)C1CCc2cnc(C3CCCCO3)n2C1. The molecule has 0 aliphatic carbocycles. The van der Waals surface area contributed by atoms with Gasteiger partial charge in [0.2, 0.25) is 0 Å². The van der Waals surface area contributed by atoms with Gasteiger partial charge < -0.3 is 14.4 Å². The zero-order valence-corrected chi connectivity index (χ0v) is 11.6. The average Bonchev–Trinajstić information content (AvgIpc) is 2.82. The number of halogens is 1. The van der Waals surface area contributed by atoms with Crippen molar-refractivity contribution >= 4 is 18.4 Å². The molecule has 1 aromatic heterocycles. The Kier molecular flexibility index (Phi) is 4.47. The van der Waals surface area contributed by atoms with Crippen LogP contribution in [0.4, 0.5) is 0 Å². The summed E-state index contributed by atoms with van der Waals surface area (Å²) in [4.78, 5) is 15.6. The molecule has 3 rings (SSSR count). The first kappa shape index (κ1) is 14.3. The van der Waals surface area contributed by atoms with Gasteiger partial charge in [0, 0.05) is 25.0 Å². The average molecular weight is 287 g/mol. The van der Waals surface area contributed by atoms with Crippen LogP contribution in [0.3, 0.4) is 0 Å². The summed E-state index contributed by atoms with van der Waals surface area (Å²) < 4.78 is 7.82. The number of ether oxygens (including phenoxy) is 1. The molecule has 0 amide bonds. The van der Waals surface area contributed by atoms with Gasteiger partial charge in [0.15, 0.2) is 0 Å². The number of fused-ring (bicyclic) bond motifs is 1. The summed E-state index contributed by atoms with van der Waals surface area (Å²) in [6.07, 6.45) is 6.72. The molecule has 2 aliphatic heterocycles. The van der Waals surface area contributed by atoms with Crippen LogP contribution < -0.4 is 0 Å². The molecule has 6 heteroatoms. The van der Waals surface area contributed by atoms with E-state index in [9.17, 15) is 4.79 Å². The van der Waals surface area contributed by atoms with Crippen LogP contribution in [-0.4, -0.2) is 27.2 Å². The number of hydrogen-bond donors (Lipinski definition) is 1. The molecule has 19 heavy (non-hydrogen) atoms. The second-order valence-electron chi connectivity index (χ2n) is 5.15. The van der Waals surface area contributed by atoms with Crippen molar-refractivity contribution in [1.29, 1.82) is 0 Å². The predicted molar refractivity (Wildman–Crippen MR) is 71.5 cm³/mol. The smallest absolute Gasteiger partial charge is 0.308 e. The number of nitrogens with zero attached hydrogens (tertiary/aromatic N) is 2. The minimum atomic E-state index is -0.704. The fraction of sp³-hybridized carbons (Fsp3) is 0.692. The molecule has 5 nitrogen and oxygen atoms in total. The van der Waals surface area contributed by atoms with E-state index in [4.69, 9.17) is 9.84 Å². The van der Waals surface area contributed by atoms with Crippen LogP contribution in [0, 0.1) is 5.92 Å². The van der Waals surface area contributed by atoms with Gasteiger partial charge in [-0.15, -0.1) is 12.4 Å². The summed E-state index contributed by atoms with van der Waals surface area (Å²) >= 11 is 0. The van der Waals surface area contributed by atoms with E-state index in [1.54, 1.807) is 0 Å². The van der Waals surface area contributed by atoms with Crippen LogP contribution >= 0.6 is 12.4 Å². The first-order valence-corrected chi connectivity index (χ1v) is 6.64. The van der Waals surface area contributed by atoms with Crippen LogP contribution in [0.2, 0.25) is 0 Å². The lowest BCUT2D eigenvalue weighted by molar-refractivity contribution is -0.142. The number of aromatic nitrogens is 2. The standard InChI is InChI=1S/C13H18N2O3.ClH/c16-13(17)9-4-5-10-7-14-12(15(10)8-9)11-3-1-2-6-18-11;/h7,9,11H,1-6,8H2,(H,16,17);1H. The summed E-state index contributed by atoms with van der Waals surface area (Å²) in [6, 6.07) is 0. The van der Waals surface area contributed by atoms with E-state index in [0.717, 1.165) is 43.8 Å². The minimum absolute atomic E-state index is 0. The molecule has 0 spiro atoms. The van der Waals surface area contributed by atoms with Gasteiger partial charge in [-0.05, 0) is 32.1 Å². The van der Waals surface area contributed by atoms with E-state index < -0.39 is 5.97 Å². The molecule has 2 aliphatic rings. The van der Waals surface area contributed by atoms with Crippen molar-refractivity contribution in [2.24, 2.45) is 5.92 Å². The number of aryl methyl sites for hydroxylation is 1. The maximum absolute atomic E-state index is 11.1. The molecular formula is C13H19ClN2O3. The molecule has 2 unspecified atom stereocenters. The minimum Gasteiger partial charge on any atom is -0.481 e. The molecule has 0 radical (unpaired) electrons. The Labute approximate surface area is 118 Å². The highest BCUT2D eigenvalue weighted by Crippen LogP contribution is 2.30.